The van der Waals surface area contributed by atoms with Gasteiger partial charge in [-0.25, -0.2) is 9.18 Å². The van der Waals surface area contributed by atoms with Crippen molar-refractivity contribution in [3.05, 3.63) is 23.8 Å². The zero-order chi connectivity index (χ0) is 12.3. The number of carbonyl (C=O) groups is 1. The lowest BCUT2D eigenvalue weighted by Crippen LogP contribution is -2.13. The smallest absolute Gasteiger partial charge is 0.349 e. The largest absolute Gasteiger partial charge is 0.504 e. The Morgan fingerprint density at radius 1 is 1.38 bits per heavy atom. The first-order chi connectivity index (χ1) is 7.41. The Morgan fingerprint density at radius 2 is 2.00 bits per heavy atom. The number of carboxylic acid groups (broad SMARTS) is 1. The summed E-state index contributed by atoms with van der Waals surface area (Å²) >= 11 is 0. The molecule has 0 saturated carbocycles. The van der Waals surface area contributed by atoms with Gasteiger partial charge in [0.15, 0.2) is 11.5 Å². The molecular formula is C10H10FNO4. The number of phenols is 2. The van der Waals surface area contributed by atoms with E-state index < -0.39 is 30.0 Å². The molecule has 0 saturated heterocycles. The van der Waals surface area contributed by atoms with E-state index >= 15 is 0 Å². The summed E-state index contributed by atoms with van der Waals surface area (Å²) in [6, 6.07) is 3.31. The summed E-state index contributed by atoms with van der Waals surface area (Å²) in [5.74, 6) is -2.35. The molecule has 4 N–H and O–H groups in total. The highest BCUT2D eigenvalue weighted by molar-refractivity contribution is 6.34. The number of benzene rings is 1. The van der Waals surface area contributed by atoms with E-state index in [1.807, 2.05) is 0 Å². The van der Waals surface area contributed by atoms with Gasteiger partial charge < -0.3 is 15.3 Å². The number of aromatic hydroxyl groups is 2. The van der Waals surface area contributed by atoms with E-state index in [4.69, 9.17) is 20.7 Å². The lowest BCUT2D eigenvalue weighted by molar-refractivity contribution is -0.129. The Morgan fingerprint density at radius 3 is 2.50 bits per heavy atom. The number of hydrogen-bond donors (Lipinski definition) is 4. The Bertz CT molecular complexity index is 433. The molecule has 0 aromatic heterocycles. The molecule has 1 aromatic carbocycles. The van der Waals surface area contributed by atoms with Crippen molar-refractivity contribution in [1.82, 2.24) is 0 Å². The van der Waals surface area contributed by atoms with Gasteiger partial charge in [0.1, 0.15) is 11.9 Å². The second kappa shape index (κ2) is 4.61. The van der Waals surface area contributed by atoms with Crippen LogP contribution in [0.3, 0.4) is 0 Å². The molecule has 1 atom stereocenters. The molecule has 6 heteroatoms. The van der Waals surface area contributed by atoms with Gasteiger partial charge in [-0.3, -0.25) is 5.41 Å². The Labute approximate surface area is 90.3 Å². The molecule has 0 fully saturated rings. The molecular weight excluding hydrogens is 217 g/mol. The molecule has 0 amide bonds. The first-order valence-electron chi connectivity index (χ1n) is 4.38. The molecule has 0 aliphatic heterocycles. The van der Waals surface area contributed by atoms with Crippen LogP contribution >= 0.6 is 0 Å². The van der Waals surface area contributed by atoms with E-state index in [1.54, 1.807) is 0 Å². The highest BCUT2D eigenvalue weighted by Crippen LogP contribution is 2.30. The van der Waals surface area contributed by atoms with Crippen molar-refractivity contribution in [2.75, 3.05) is 0 Å². The molecule has 0 aliphatic rings. The maximum absolute atomic E-state index is 13.5. The van der Waals surface area contributed by atoms with E-state index in [1.165, 1.54) is 6.07 Å². The second-order valence-corrected chi connectivity index (χ2v) is 3.20. The van der Waals surface area contributed by atoms with Crippen molar-refractivity contribution in [3.8, 4) is 11.5 Å². The molecule has 1 rings (SSSR count). The van der Waals surface area contributed by atoms with Crippen molar-refractivity contribution in [2.45, 2.75) is 12.6 Å². The average molecular weight is 227 g/mol. The third kappa shape index (κ3) is 2.69. The van der Waals surface area contributed by atoms with E-state index in [0.717, 1.165) is 12.1 Å². The van der Waals surface area contributed by atoms with Crippen LogP contribution in [-0.4, -0.2) is 27.0 Å². The summed E-state index contributed by atoms with van der Waals surface area (Å²) in [4.78, 5) is 10.3. The molecule has 5 nitrogen and oxygen atoms in total. The number of aliphatic carboxylic acids is 1. The Hall–Kier alpha value is -2.11. The molecule has 0 aliphatic carbocycles. The summed E-state index contributed by atoms with van der Waals surface area (Å²) in [6.07, 6.45) is -2.28. The Kier molecular flexibility index (Phi) is 3.44. The highest BCUT2D eigenvalue weighted by atomic mass is 19.1. The molecule has 0 bridgehead atoms. The van der Waals surface area contributed by atoms with Crippen LogP contribution in [0.5, 0.6) is 11.5 Å². The predicted molar refractivity (Wildman–Crippen MR) is 53.6 cm³/mol. The van der Waals surface area contributed by atoms with Crippen LogP contribution in [0.1, 0.15) is 18.2 Å². The molecule has 86 valence electrons. The summed E-state index contributed by atoms with van der Waals surface area (Å²) in [5, 5.41) is 33.5. The van der Waals surface area contributed by atoms with Gasteiger partial charge in [0.2, 0.25) is 0 Å². The van der Waals surface area contributed by atoms with Gasteiger partial charge in [0, 0.05) is 6.42 Å². The van der Waals surface area contributed by atoms with Gasteiger partial charge in [-0.15, -0.1) is 0 Å². The first kappa shape index (κ1) is 12.0. The van der Waals surface area contributed by atoms with Crippen LogP contribution in [0.4, 0.5) is 4.39 Å². The zero-order valence-corrected chi connectivity index (χ0v) is 8.14. The van der Waals surface area contributed by atoms with Gasteiger partial charge in [-0.05, 0) is 17.7 Å². The predicted octanol–water partition coefficient (Wildman–Crippen LogP) is 1.60. The van der Waals surface area contributed by atoms with Crippen molar-refractivity contribution in [1.29, 1.82) is 5.41 Å². The quantitative estimate of drug-likeness (QED) is 0.463. The minimum absolute atomic E-state index is 0.0151. The van der Waals surface area contributed by atoms with Crippen LogP contribution in [0, 0.1) is 5.41 Å². The van der Waals surface area contributed by atoms with Gasteiger partial charge in [-0.2, -0.15) is 0 Å². The van der Waals surface area contributed by atoms with Gasteiger partial charge in [0.25, 0.3) is 0 Å². The fourth-order valence-electron chi connectivity index (χ4n) is 1.12. The SMILES string of the molecule is N=C(CC(F)c1ccc(O)c(O)c1)C(=O)O. The lowest BCUT2D eigenvalue weighted by Gasteiger charge is -2.08. The fourth-order valence-corrected chi connectivity index (χ4v) is 1.12. The van der Waals surface area contributed by atoms with Gasteiger partial charge in [-0.1, -0.05) is 6.07 Å². The number of rotatable bonds is 4. The summed E-state index contributed by atoms with van der Waals surface area (Å²) in [7, 11) is 0. The molecule has 16 heavy (non-hydrogen) atoms. The zero-order valence-electron chi connectivity index (χ0n) is 8.14. The monoisotopic (exact) mass is 227 g/mol. The van der Waals surface area contributed by atoms with Gasteiger partial charge in [0.05, 0.1) is 0 Å². The Balaban J connectivity index is 2.81. The topological polar surface area (TPSA) is 102 Å². The number of nitrogens with one attached hydrogen (secondary N) is 1. The standard InChI is InChI=1S/C10H10FNO4/c11-6(4-7(12)10(15)16)5-1-2-8(13)9(14)3-5/h1-3,6,12-14H,4H2,(H,15,16). The van der Waals surface area contributed by atoms with Crippen LogP contribution in [0.25, 0.3) is 0 Å². The number of carboxylic acids is 1. The van der Waals surface area contributed by atoms with Crippen molar-refractivity contribution in [2.24, 2.45) is 0 Å². The average Bonchev–Trinajstić information content (AvgIpc) is 2.21. The summed E-state index contributed by atoms with van der Waals surface area (Å²) in [5.41, 5.74) is -0.735. The lowest BCUT2D eigenvalue weighted by atomic mass is 10.0. The maximum Gasteiger partial charge on any atom is 0.349 e. The molecule has 1 aromatic rings. The molecule has 1 unspecified atom stereocenters. The van der Waals surface area contributed by atoms with E-state index in [2.05, 4.69) is 0 Å². The number of halogens is 1. The normalized spacial score (nSPS) is 12.1. The second-order valence-electron chi connectivity index (χ2n) is 3.20. The van der Waals surface area contributed by atoms with Crippen molar-refractivity contribution in [3.63, 3.8) is 0 Å². The van der Waals surface area contributed by atoms with Crippen molar-refractivity contribution < 1.29 is 24.5 Å². The summed E-state index contributed by atoms with van der Waals surface area (Å²) < 4.78 is 13.5. The number of alkyl halides is 1. The fraction of sp³-hybridized carbons (Fsp3) is 0.200. The minimum atomic E-state index is -1.70. The first-order valence-corrected chi connectivity index (χ1v) is 4.38. The van der Waals surface area contributed by atoms with E-state index in [9.17, 15) is 9.18 Å². The van der Waals surface area contributed by atoms with E-state index in [-0.39, 0.29) is 11.3 Å². The van der Waals surface area contributed by atoms with E-state index in [0.29, 0.717) is 0 Å². The van der Waals surface area contributed by atoms with Crippen LogP contribution in [0.2, 0.25) is 0 Å². The third-order valence-electron chi connectivity index (χ3n) is 2.00. The van der Waals surface area contributed by atoms with Crippen LogP contribution in [0.15, 0.2) is 18.2 Å². The molecule has 0 heterocycles. The maximum atomic E-state index is 13.5. The third-order valence-corrected chi connectivity index (χ3v) is 2.00. The van der Waals surface area contributed by atoms with Gasteiger partial charge >= 0.3 is 5.97 Å². The minimum Gasteiger partial charge on any atom is -0.504 e. The molecule has 0 radical (unpaired) electrons. The highest BCUT2D eigenvalue weighted by Gasteiger charge is 2.17. The van der Waals surface area contributed by atoms with Crippen molar-refractivity contribution >= 4 is 11.7 Å². The van der Waals surface area contributed by atoms with Crippen LogP contribution in [-0.2, 0) is 4.79 Å². The number of hydrogen-bond acceptors (Lipinski definition) is 4. The number of phenolic OH excluding ortho intramolecular Hbond substituents is 2. The molecule has 0 spiro atoms. The van der Waals surface area contributed by atoms with Crippen LogP contribution < -0.4 is 0 Å². The summed E-state index contributed by atoms with van der Waals surface area (Å²) in [6.45, 7) is 0.